The lowest BCUT2D eigenvalue weighted by atomic mass is 9.82. The summed E-state index contributed by atoms with van der Waals surface area (Å²) in [4.78, 5) is 53.7. The number of furan rings is 2. The molecule has 25 rings (SSSR count). The van der Waals surface area contributed by atoms with Crippen LogP contribution in [-0.4, -0.2) is 54.4 Å². The number of rotatable bonds is 12. The second-order valence-electron chi connectivity index (χ2n) is 31.6. The van der Waals surface area contributed by atoms with Crippen LogP contribution < -0.4 is 0 Å². The van der Waals surface area contributed by atoms with Crippen LogP contribution in [0.4, 0.5) is 0 Å². The molecule has 570 valence electrons. The van der Waals surface area contributed by atoms with Crippen molar-refractivity contribution in [3.8, 4) is 142 Å². The van der Waals surface area contributed by atoms with Crippen molar-refractivity contribution in [3.63, 3.8) is 0 Å². The van der Waals surface area contributed by atoms with Crippen molar-refractivity contribution in [1.82, 2.24) is 54.4 Å². The summed E-state index contributed by atoms with van der Waals surface area (Å²) in [5.74, 6) is 4.69. The van der Waals surface area contributed by atoms with E-state index in [1.54, 1.807) is 22.7 Å². The van der Waals surface area contributed by atoms with Gasteiger partial charge in [-0.25, -0.2) is 49.8 Å². The van der Waals surface area contributed by atoms with Crippen LogP contribution in [0.15, 0.2) is 355 Å². The summed E-state index contributed by atoms with van der Waals surface area (Å²) in [6, 6.07) is 120. The molecule has 24 aromatic rings. The van der Waals surface area contributed by atoms with Gasteiger partial charge >= 0.3 is 0 Å². The van der Waals surface area contributed by atoms with Gasteiger partial charge in [-0.15, -0.1) is 22.7 Å². The third-order valence-electron chi connectivity index (χ3n) is 24.2. The molecule has 15 heteroatoms. The molecule has 13 nitrogen and oxygen atoms in total. The summed E-state index contributed by atoms with van der Waals surface area (Å²) in [6.45, 7) is 4.62. The molecule has 0 fully saturated rings. The Morgan fingerprint density at radius 1 is 0.254 bits per heavy atom. The summed E-state index contributed by atoms with van der Waals surface area (Å²) in [7, 11) is 0. The molecule has 122 heavy (non-hydrogen) atoms. The van der Waals surface area contributed by atoms with E-state index in [1.807, 2.05) is 115 Å². The zero-order valence-electron chi connectivity index (χ0n) is 65.5. The average molecular weight is 1600 g/mol. The van der Waals surface area contributed by atoms with Gasteiger partial charge in [0.05, 0.1) is 11.0 Å². The molecule has 0 amide bonds. The molecule has 0 unspecified atom stereocenters. The molecule has 1 aliphatic carbocycles. The summed E-state index contributed by atoms with van der Waals surface area (Å²) >= 11 is 3.46. The standard InChI is InChI=1S/C107H63N11O2S2/c1-107(2)81-45-18-15-36-69(81)70-53-50-66(58-82(70)107)102-108-91-72-37-16-19-46-85(72)119-95(91)93(110-102)78-43-22-40-75-90-77(42-25-49-88(90)122-97(75)78)106-116-101(62-30-11-5-12-31-62)113-104(117-106)65-33-21-32-63(56-65)64-52-55-83-80(57-64)71-54-51-67(59-84(71)118(83)68-34-13-6-14-35-68)103-109-92-73-38-17-20-47-86(73)120-96(92)94(111-103)79-44-23-39-74-89-76(41-24-48-87(89)121-98(74)79)105-114-99(60-26-7-3-8-27-60)112-100(115-105)61-28-9-4-10-29-61/h3-59H,1-2H3. The van der Waals surface area contributed by atoms with E-state index < -0.39 is 0 Å². The number of thiophene rings is 2. The fourth-order valence-electron chi connectivity index (χ4n) is 18.4. The van der Waals surface area contributed by atoms with Crippen LogP contribution in [0.2, 0.25) is 0 Å². The molecule has 9 aromatic heterocycles. The summed E-state index contributed by atoms with van der Waals surface area (Å²) in [5.41, 5.74) is 24.7. The maximum Gasteiger partial charge on any atom is 0.180 e. The van der Waals surface area contributed by atoms with Crippen LogP contribution in [0.3, 0.4) is 0 Å². The van der Waals surface area contributed by atoms with Gasteiger partial charge in [-0.1, -0.05) is 281 Å². The molecule has 0 saturated carbocycles. The lowest BCUT2D eigenvalue weighted by Gasteiger charge is -2.21. The molecule has 0 atom stereocenters. The minimum absolute atomic E-state index is 0.206. The van der Waals surface area contributed by atoms with E-state index in [4.69, 9.17) is 58.7 Å². The highest BCUT2D eigenvalue weighted by Crippen LogP contribution is 2.53. The van der Waals surface area contributed by atoms with Gasteiger partial charge in [0, 0.05) is 129 Å². The molecule has 9 heterocycles. The number of hydrogen-bond donors (Lipinski definition) is 0. The van der Waals surface area contributed by atoms with E-state index in [9.17, 15) is 0 Å². The Morgan fingerprint density at radius 2 is 0.656 bits per heavy atom. The maximum absolute atomic E-state index is 6.89. The Hall–Kier alpha value is -15.7. The molecular formula is C107H63N11O2S2. The summed E-state index contributed by atoms with van der Waals surface area (Å²) < 4.78 is 20.4. The average Bonchev–Trinajstić information content (AvgIpc) is 1.55. The highest BCUT2D eigenvalue weighted by atomic mass is 32.1. The number of fused-ring (bicyclic) bond motifs is 18. The van der Waals surface area contributed by atoms with Crippen molar-refractivity contribution in [2.75, 3.05) is 0 Å². The number of hydrogen-bond acceptors (Lipinski definition) is 14. The van der Waals surface area contributed by atoms with Crippen LogP contribution in [0.1, 0.15) is 25.0 Å². The molecule has 0 radical (unpaired) electrons. The first kappa shape index (κ1) is 69.4. The monoisotopic (exact) mass is 1600 g/mol. The van der Waals surface area contributed by atoms with Gasteiger partial charge in [-0.2, -0.15) is 0 Å². The zero-order valence-corrected chi connectivity index (χ0v) is 67.1. The molecule has 0 bridgehead atoms. The van der Waals surface area contributed by atoms with E-state index in [-0.39, 0.29) is 5.41 Å². The number of aromatic nitrogens is 11. The first-order valence-corrected chi connectivity index (χ1v) is 42.3. The Labute approximate surface area is 705 Å². The molecule has 0 aliphatic heterocycles. The van der Waals surface area contributed by atoms with E-state index in [0.717, 1.165) is 173 Å². The van der Waals surface area contributed by atoms with Gasteiger partial charge in [-0.3, -0.25) is 0 Å². The quantitative estimate of drug-likeness (QED) is 0.114. The summed E-state index contributed by atoms with van der Waals surface area (Å²) in [5, 5.41) is 8.20. The first-order chi connectivity index (χ1) is 60.2. The minimum Gasteiger partial charge on any atom is -0.452 e. The molecule has 1 aliphatic rings. The second-order valence-corrected chi connectivity index (χ2v) is 33.7. The van der Waals surface area contributed by atoms with E-state index in [1.165, 1.54) is 22.3 Å². The Kier molecular flexibility index (Phi) is 15.5. The lowest BCUT2D eigenvalue weighted by Crippen LogP contribution is -2.15. The predicted octanol–water partition coefficient (Wildman–Crippen LogP) is 27.9. The third-order valence-corrected chi connectivity index (χ3v) is 26.6. The fourth-order valence-corrected chi connectivity index (χ4v) is 20.9. The van der Waals surface area contributed by atoms with Gasteiger partial charge < -0.3 is 13.4 Å². The van der Waals surface area contributed by atoms with Crippen molar-refractivity contribution in [2.45, 2.75) is 19.3 Å². The van der Waals surface area contributed by atoms with E-state index >= 15 is 0 Å². The Bertz CT molecular complexity index is 8450. The molecule has 15 aromatic carbocycles. The van der Waals surface area contributed by atoms with Crippen LogP contribution in [0, 0.1) is 0 Å². The largest absolute Gasteiger partial charge is 0.452 e. The fraction of sp³-hybridized carbons (Fsp3) is 0.0280. The molecular weight excluding hydrogens is 1540 g/mol. The van der Waals surface area contributed by atoms with Crippen molar-refractivity contribution >= 4 is 129 Å². The summed E-state index contributed by atoms with van der Waals surface area (Å²) in [6.07, 6.45) is 0. The van der Waals surface area contributed by atoms with Crippen molar-refractivity contribution in [3.05, 3.63) is 357 Å². The zero-order chi connectivity index (χ0) is 80.4. The van der Waals surface area contributed by atoms with Crippen molar-refractivity contribution in [2.24, 2.45) is 0 Å². The van der Waals surface area contributed by atoms with Crippen LogP contribution >= 0.6 is 22.7 Å². The third kappa shape index (κ3) is 11.0. The Morgan fingerprint density at radius 3 is 1.23 bits per heavy atom. The molecule has 0 saturated heterocycles. The number of nitrogens with zero attached hydrogens (tertiary/aromatic N) is 11. The SMILES string of the molecule is CC1(C)c2ccccc2-c2ccc(-c3nc(-c4cccc5c4sc4cccc(-c6nc(-c7ccccc7)nc(-c7cccc(-c8ccc9c(c8)c8ccc(-c%10nc(-c%11cccc%12c%11sc%11cccc(-c%13nc(-c%14ccccc%14)nc(-c%14ccccc%14)n%13)c%11%12)c%11oc%12ccccc%12c%11n%10)cc8n9-c8ccccc8)c7)n6)c45)c4oc5ccccc5c4n3)cc21. The van der Waals surface area contributed by atoms with Crippen LogP contribution in [-0.2, 0) is 5.41 Å². The minimum atomic E-state index is -0.206. The van der Waals surface area contributed by atoms with Gasteiger partial charge in [0.15, 0.2) is 57.8 Å². The van der Waals surface area contributed by atoms with Crippen molar-refractivity contribution in [1.29, 1.82) is 0 Å². The number of para-hydroxylation sites is 3. The maximum atomic E-state index is 6.89. The van der Waals surface area contributed by atoms with Crippen LogP contribution in [0.25, 0.3) is 248 Å². The molecule has 0 spiro atoms. The Balaban J connectivity index is 0.601. The van der Waals surface area contributed by atoms with Gasteiger partial charge in [-0.05, 0) is 112 Å². The highest BCUT2D eigenvalue weighted by Gasteiger charge is 2.36. The van der Waals surface area contributed by atoms with Crippen molar-refractivity contribution < 1.29 is 8.83 Å². The van der Waals surface area contributed by atoms with E-state index in [2.05, 4.69) is 249 Å². The topological polar surface area (TPSA) is 160 Å². The van der Waals surface area contributed by atoms with E-state index in [0.29, 0.717) is 63.5 Å². The van der Waals surface area contributed by atoms with Gasteiger partial charge in [0.2, 0.25) is 0 Å². The first-order valence-electron chi connectivity index (χ1n) is 40.7. The smallest absolute Gasteiger partial charge is 0.180 e. The predicted molar refractivity (Wildman–Crippen MR) is 496 cm³/mol. The normalized spacial score (nSPS) is 12.6. The van der Waals surface area contributed by atoms with Gasteiger partial charge in [0.25, 0.3) is 0 Å². The highest BCUT2D eigenvalue weighted by molar-refractivity contribution is 7.27. The lowest BCUT2D eigenvalue weighted by molar-refractivity contribution is 0.660. The van der Waals surface area contributed by atoms with Gasteiger partial charge in [0.1, 0.15) is 33.6 Å². The number of benzene rings is 15. The second kappa shape index (κ2) is 27.2. The molecule has 0 N–H and O–H groups in total. The van der Waals surface area contributed by atoms with Crippen LogP contribution in [0.5, 0.6) is 0 Å².